The first-order valence-corrected chi connectivity index (χ1v) is 10.8. The number of unbranched alkanes of at least 4 members (excludes halogenated alkanes) is 7. The van der Waals surface area contributed by atoms with Crippen LogP contribution in [0.2, 0.25) is 0 Å². The maximum Gasteiger partial charge on any atom is 0.110 e. The Balaban J connectivity index is 1.63. The van der Waals surface area contributed by atoms with E-state index in [9.17, 15) is 0 Å². The number of aromatic nitrogens is 2. The Morgan fingerprint density at radius 1 is 0.778 bits per heavy atom. The summed E-state index contributed by atoms with van der Waals surface area (Å²) in [4.78, 5) is 4.96. The molecule has 144 valence electrons. The summed E-state index contributed by atoms with van der Waals surface area (Å²) in [6.45, 7) is 5.40. The molecule has 3 aromatic rings. The van der Waals surface area contributed by atoms with Gasteiger partial charge in [0, 0.05) is 13.0 Å². The van der Waals surface area contributed by atoms with Crippen molar-refractivity contribution < 1.29 is 0 Å². The smallest absolute Gasteiger partial charge is 0.110 e. The van der Waals surface area contributed by atoms with E-state index in [-0.39, 0.29) is 0 Å². The van der Waals surface area contributed by atoms with Crippen LogP contribution >= 0.6 is 0 Å². The molecule has 0 N–H and O–H groups in total. The van der Waals surface area contributed by atoms with Gasteiger partial charge in [-0.05, 0) is 36.6 Å². The predicted molar refractivity (Wildman–Crippen MR) is 116 cm³/mol. The molecular formula is C25H34N2. The van der Waals surface area contributed by atoms with Crippen molar-refractivity contribution in [2.45, 2.75) is 78.2 Å². The molecule has 3 rings (SSSR count). The average Bonchev–Trinajstić information content (AvgIpc) is 3.03. The summed E-state index contributed by atoms with van der Waals surface area (Å²) in [5, 5.41) is 0. The molecule has 0 bridgehead atoms. The molecule has 0 saturated heterocycles. The van der Waals surface area contributed by atoms with E-state index >= 15 is 0 Å². The minimum atomic E-state index is 0.916. The molecule has 0 unspecified atom stereocenters. The van der Waals surface area contributed by atoms with Gasteiger partial charge >= 0.3 is 0 Å². The highest BCUT2D eigenvalue weighted by molar-refractivity contribution is 5.76. The lowest BCUT2D eigenvalue weighted by Gasteiger charge is -2.11. The molecule has 0 saturated carbocycles. The van der Waals surface area contributed by atoms with E-state index in [1.807, 2.05) is 0 Å². The summed E-state index contributed by atoms with van der Waals surface area (Å²) in [7, 11) is 0. The summed E-state index contributed by atoms with van der Waals surface area (Å²) in [6, 6.07) is 17.3. The third-order valence-electron chi connectivity index (χ3n) is 5.58. The lowest BCUT2D eigenvalue weighted by molar-refractivity contribution is 0.567. The predicted octanol–water partition coefficient (Wildman–Crippen LogP) is 7.08. The van der Waals surface area contributed by atoms with Crippen LogP contribution in [0.1, 0.15) is 75.2 Å². The van der Waals surface area contributed by atoms with Crippen molar-refractivity contribution in [1.29, 1.82) is 0 Å². The summed E-state index contributed by atoms with van der Waals surface area (Å²) in [5.41, 5.74) is 5.13. The van der Waals surface area contributed by atoms with Gasteiger partial charge in [-0.2, -0.15) is 0 Å². The molecule has 0 amide bonds. The SMILES string of the molecule is CCCCCCCCCCc1nc2ccccc2n1Cc1ccccc1C. The van der Waals surface area contributed by atoms with Gasteiger partial charge in [-0.3, -0.25) is 0 Å². The minimum Gasteiger partial charge on any atom is -0.323 e. The lowest BCUT2D eigenvalue weighted by atomic mass is 10.1. The number of fused-ring (bicyclic) bond motifs is 1. The number of aryl methyl sites for hydroxylation is 2. The van der Waals surface area contributed by atoms with Crippen LogP contribution in [-0.4, -0.2) is 9.55 Å². The molecule has 1 heterocycles. The van der Waals surface area contributed by atoms with E-state index < -0.39 is 0 Å². The minimum absolute atomic E-state index is 0.916. The van der Waals surface area contributed by atoms with Gasteiger partial charge in [-0.25, -0.2) is 4.98 Å². The zero-order valence-corrected chi connectivity index (χ0v) is 17.1. The number of nitrogens with zero attached hydrogens (tertiary/aromatic N) is 2. The van der Waals surface area contributed by atoms with E-state index in [4.69, 9.17) is 4.98 Å². The second-order valence-electron chi connectivity index (χ2n) is 7.75. The lowest BCUT2D eigenvalue weighted by Crippen LogP contribution is -2.06. The Morgan fingerprint density at radius 2 is 1.44 bits per heavy atom. The van der Waals surface area contributed by atoms with E-state index in [1.165, 1.54) is 73.8 Å². The topological polar surface area (TPSA) is 17.8 Å². The van der Waals surface area contributed by atoms with Crippen LogP contribution in [0.4, 0.5) is 0 Å². The van der Waals surface area contributed by atoms with Crippen LogP contribution < -0.4 is 0 Å². The fourth-order valence-electron chi connectivity index (χ4n) is 3.87. The molecule has 2 heteroatoms. The Bertz CT molecular complexity index is 831. The first-order valence-electron chi connectivity index (χ1n) is 10.8. The van der Waals surface area contributed by atoms with E-state index in [0.29, 0.717) is 0 Å². The number of para-hydroxylation sites is 2. The van der Waals surface area contributed by atoms with E-state index in [0.717, 1.165) is 18.5 Å². The molecule has 2 nitrogen and oxygen atoms in total. The van der Waals surface area contributed by atoms with Gasteiger partial charge in [-0.1, -0.05) is 88.3 Å². The molecule has 0 radical (unpaired) electrons. The van der Waals surface area contributed by atoms with Gasteiger partial charge in [0.2, 0.25) is 0 Å². The zero-order valence-electron chi connectivity index (χ0n) is 17.1. The molecule has 0 spiro atoms. The summed E-state index contributed by atoms with van der Waals surface area (Å²) in [5.74, 6) is 1.24. The van der Waals surface area contributed by atoms with Crippen molar-refractivity contribution in [2.75, 3.05) is 0 Å². The van der Waals surface area contributed by atoms with Crippen molar-refractivity contribution in [2.24, 2.45) is 0 Å². The molecule has 27 heavy (non-hydrogen) atoms. The zero-order chi connectivity index (χ0) is 18.9. The highest BCUT2D eigenvalue weighted by Gasteiger charge is 2.11. The van der Waals surface area contributed by atoms with Crippen LogP contribution in [-0.2, 0) is 13.0 Å². The number of benzene rings is 2. The van der Waals surface area contributed by atoms with Crippen molar-refractivity contribution in [1.82, 2.24) is 9.55 Å². The van der Waals surface area contributed by atoms with Crippen molar-refractivity contribution in [3.05, 3.63) is 65.5 Å². The number of rotatable bonds is 11. The molecule has 0 aliphatic carbocycles. The van der Waals surface area contributed by atoms with Gasteiger partial charge in [0.25, 0.3) is 0 Å². The van der Waals surface area contributed by atoms with Crippen LogP contribution in [0.25, 0.3) is 11.0 Å². The van der Waals surface area contributed by atoms with Gasteiger partial charge in [-0.15, -0.1) is 0 Å². The van der Waals surface area contributed by atoms with Gasteiger partial charge < -0.3 is 4.57 Å². The highest BCUT2D eigenvalue weighted by atomic mass is 15.1. The normalized spacial score (nSPS) is 11.3. The van der Waals surface area contributed by atoms with E-state index in [2.05, 4.69) is 66.9 Å². The van der Waals surface area contributed by atoms with Gasteiger partial charge in [0.15, 0.2) is 0 Å². The molecule has 0 aliphatic heterocycles. The fourth-order valence-corrected chi connectivity index (χ4v) is 3.87. The third-order valence-corrected chi connectivity index (χ3v) is 5.58. The number of hydrogen-bond donors (Lipinski definition) is 0. The third kappa shape index (κ3) is 5.45. The summed E-state index contributed by atoms with van der Waals surface area (Å²) >= 11 is 0. The van der Waals surface area contributed by atoms with Crippen molar-refractivity contribution in [3.8, 4) is 0 Å². The quantitative estimate of drug-likeness (QED) is 0.333. The van der Waals surface area contributed by atoms with Crippen LogP contribution in [0.5, 0.6) is 0 Å². The number of hydrogen-bond acceptors (Lipinski definition) is 1. The fraction of sp³-hybridized carbons (Fsp3) is 0.480. The van der Waals surface area contributed by atoms with Gasteiger partial charge in [0.1, 0.15) is 5.82 Å². The average molecular weight is 363 g/mol. The molecule has 0 fully saturated rings. The second kappa shape index (κ2) is 10.3. The molecular weight excluding hydrogens is 328 g/mol. The highest BCUT2D eigenvalue weighted by Crippen LogP contribution is 2.21. The largest absolute Gasteiger partial charge is 0.323 e. The standard InChI is InChI=1S/C25H34N2/c1-3-4-5-6-7-8-9-10-19-25-26-23-17-13-14-18-24(23)27(25)20-22-16-12-11-15-21(22)2/h11-18H,3-10,19-20H2,1-2H3. The first-order chi connectivity index (χ1) is 13.3. The Kier molecular flexibility index (Phi) is 7.50. The van der Waals surface area contributed by atoms with Crippen molar-refractivity contribution >= 4 is 11.0 Å². The maximum atomic E-state index is 4.96. The first kappa shape index (κ1) is 19.7. The maximum absolute atomic E-state index is 4.96. The molecule has 0 atom stereocenters. The second-order valence-corrected chi connectivity index (χ2v) is 7.75. The summed E-state index contributed by atoms with van der Waals surface area (Å²) in [6.07, 6.45) is 11.9. The summed E-state index contributed by atoms with van der Waals surface area (Å²) < 4.78 is 2.43. The van der Waals surface area contributed by atoms with Crippen molar-refractivity contribution in [3.63, 3.8) is 0 Å². The Labute approximate surface area is 164 Å². The Hall–Kier alpha value is -2.09. The van der Waals surface area contributed by atoms with Crippen LogP contribution in [0.3, 0.4) is 0 Å². The van der Waals surface area contributed by atoms with Crippen LogP contribution in [0, 0.1) is 6.92 Å². The monoisotopic (exact) mass is 362 g/mol. The molecule has 1 aromatic heterocycles. The molecule has 0 aliphatic rings. The Morgan fingerprint density at radius 3 is 2.22 bits per heavy atom. The van der Waals surface area contributed by atoms with E-state index in [1.54, 1.807) is 0 Å². The van der Waals surface area contributed by atoms with Crippen LogP contribution in [0.15, 0.2) is 48.5 Å². The number of imidazole rings is 1. The molecule has 2 aromatic carbocycles. The van der Waals surface area contributed by atoms with Gasteiger partial charge in [0.05, 0.1) is 11.0 Å².